The number of rotatable bonds is 4. The molecule has 1 N–H and O–H groups in total. The van der Waals surface area contributed by atoms with Gasteiger partial charge >= 0.3 is 0 Å². The highest BCUT2D eigenvalue weighted by molar-refractivity contribution is 6.30. The second kappa shape index (κ2) is 7.45. The number of anilines is 1. The molecule has 1 saturated heterocycles. The number of ether oxygens (including phenoxy) is 1. The molecule has 0 atom stereocenters. The van der Waals surface area contributed by atoms with E-state index < -0.39 is 0 Å². The SMILES string of the molecule is COc1ccc(C[NH+]2CCN(c3ccc(Cl)cc3)CC2)c(C)c1C. The van der Waals surface area contributed by atoms with Gasteiger partial charge in [0.1, 0.15) is 12.3 Å². The molecule has 1 heterocycles. The molecule has 4 heteroatoms. The lowest BCUT2D eigenvalue weighted by molar-refractivity contribution is -0.914. The Hall–Kier alpha value is -1.71. The monoisotopic (exact) mass is 345 g/mol. The van der Waals surface area contributed by atoms with Crippen molar-refractivity contribution in [3.05, 3.63) is 58.1 Å². The van der Waals surface area contributed by atoms with Gasteiger partial charge in [0.2, 0.25) is 0 Å². The van der Waals surface area contributed by atoms with E-state index in [1.54, 1.807) is 12.0 Å². The van der Waals surface area contributed by atoms with Crippen LogP contribution in [0.4, 0.5) is 5.69 Å². The molecule has 0 aliphatic carbocycles. The third-order valence-electron chi connectivity index (χ3n) is 5.17. The van der Waals surface area contributed by atoms with Crippen molar-refractivity contribution in [2.24, 2.45) is 0 Å². The first-order valence-electron chi connectivity index (χ1n) is 8.55. The van der Waals surface area contributed by atoms with Gasteiger partial charge in [0.05, 0.1) is 33.3 Å². The largest absolute Gasteiger partial charge is 0.496 e. The fourth-order valence-corrected chi connectivity index (χ4v) is 3.57. The lowest BCUT2D eigenvalue weighted by Crippen LogP contribution is -3.13. The summed E-state index contributed by atoms with van der Waals surface area (Å²) in [6, 6.07) is 12.5. The highest BCUT2D eigenvalue weighted by Crippen LogP contribution is 2.23. The van der Waals surface area contributed by atoms with Crippen LogP contribution in [0.3, 0.4) is 0 Å². The number of quaternary nitrogens is 1. The number of hydrogen-bond donors (Lipinski definition) is 1. The summed E-state index contributed by atoms with van der Waals surface area (Å²) in [4.78, 5) is 4.10. The average Bonchev–Trinajstić information content (AvgIpc) is 2.61. The lowest BCUT2D eigenvalue weighted by Gasteiger charge is -2.34. The van der Waals surface area contributed by atoms with Gasteiger partial charge in [-0.3, -0.25) is 0 Å². The molecule has 0 spiro atoms. The first-order chi connectivity index (χ1) is 11.6. The van der Waals surface area contributed by atoms with Crippen LogP contribution in [0.25, 0.3) is 0 Å². The van der Waals surface area contributed by atoms with E-state index in [4.69, 9.17) is 16.3 Å². The van der Waals surface area contributed by atoms with E-state index in [0.29, 0.717) is 0 Å². The van der Waals surface area contributed by atoms with Crippen LogP contribution in [-0.2, 0) is 6.54 Å². The maximum atomic E-state index is 5.98. The molecule has 2 aromatic carbocycles. The van der Waals surface area contributed by atoms with Gasteiger partial charge in [-0.1, -0.05) is 11.6 Å². The zero-order valence-corrected chi connectivity index (χ0v) is 15.5. The predicted molar refractivity (Wildman–Crippen MR) is 101 cm³/mol. The summed E-state index contributed by atoms with van der Waals surface area (Å²) in [7, 11) is 1.74. The van der Waals surface area contributed by atoms with Gasteiger partial charge < -0.3 is 14.5 Å². The quantitative estimate of drug-likeness (QED) is 0.917. The van der Waals surface area contributed by atoms with E-state index in [0.717, 1.165) is 43.5 Å². The first-order valence-corrected chi connectivity index (χ1v) is 8.93. The summed E-state index contributed by atoms with van der Waals surface area (Å²) >= 11 is 5.98. The number of nitrogens with one attached hydrogen (secondary N) is 1. The molecule has 24 heavy (non-hydrogen) atoms. The van der Waals surface area contributed by atoms with Gasteiger partial charge in [-0.15, -0.1) is 0 Å². The van der Waals surface area contributed by atoms with Crippen molar-refractivity contribution >= 4 is 17.3 Å². The number of methoxy groups -OCH3 is 1. The van der Waals surface area contributed by atoms with Gasteiger partial charge in [0.25, 0.3) is 0 Å². The molecule has 0 unspecified atom stereocenters. The number of piperazine rings is 1. The fraction of sp³-hybridized carbons (Fsp3) is 0.400. The average molecular weight is 346 g/mol. The van der Waals surface area contributed by atoms with Crippen LogP contribution in [0.15, 0.2) is 36.4 Å². The van der Waals surface area contributed by atoms with Crippen molar-refractivity contribution in [3.63, 3.8) is 0 Å². The smallest absolute Gasteiger partial charge is 0.122 e. The predicted octanol–water partition coefficient (Wildman–Crippen LogP) is 2.87. The summed E-state index contributed by atoms with van der Waals surface area (Å²) in [6.45, 7) is 9.93. The molecule has 0 amide bonds. The highest BCUT2D eigenvalue weighted by atomic mass is 35.5. The molecule has 0 saturated carbocycles. The zero-order chi connectivity index (χ0) is 17.1. The van der Waals surface area contributed by atoms with Crippen LogP contribution in [-0.4, -0.2) is 33.3 Å². The molecule has 1 aliphatic rings. The van der Waals surface area contributed by atoms with Gasteiger partial charge in [0, 0.05) is 16.3 Å². The first kappa shape index (κ1) is 17.1. The van der Waals surface area contributed by atoms with E-state index in [2.05, 4.69) is 43.0 Å². The Kier molecular flexibility index (Phi) is 5.32. The molecule has 2 aromatic rings. The topological polar surface area (TPSA) is 16.9 Å². The minimum absolute atomic E-state index is 0.799. The maximum absolute atomic E-state index is 5.98. The van der Waals surface area contributed by atoms with Crippen molar-refractivity contribution in [2.75, 3.05) is 38.2 Å². The molecule has 0 radical (unpaired) electrons. The zero-order valence-electron chi connectivity index (χ0n) is 14.7. The third-order valence-corrected chi connectivity index (χ3v) is 5.42. The lowest BCUT2D eigenvalue weighted by atomic mass is 10.0. The van der Waals surface area contributed by atoms with E-state index in [1.165, 1.54) is 22.4 Å². The van der Waals surface area contributed by atoms with Crippen molar-refractivity contribution in [3.8, 4) is 5.75 Å². The second-order valence-electron chi connectivity index (χ2n) is 6.57. The summed E-state index contributed by atoms with van der Waals surface area (Å²) in [5.74, 6) is 0.985. The second-order valence-corrected chi connectivity index (χ2v) is 7.00. The molecule has 128 valence electrons. The Balaban J connectivity index is 1.61. The Morgan fingerprint density at radius 2 is 1.67 bits per heavy atom. The minimum Gasteiger partial charge on any atom is -0.496 e. The molecule has 3 nitrogen and oxygen atoms in total. The fourth-order valence-electron chi connectivity index (χ4n) is 3.44. The molecular formula is C20H26ClN2O+. The Bertz CT molecular complexity index is 692. The molecule has 0 bridgehead atoms. The van der Waals surface area contributed by atoms with Crippen molar-refractivity contribution in [1.29, 1.82) is 0 Å². The van der Waals surface area contributed by atoms with Crippen LogP contribution in [0, 0.1) is 13.8 Å². The van der Waals surface area contributed by atoms with Gasteiger partial charge in [0.15, 0.2) is 0 Å². The number of halogens is 1. The number of hydrogen-bond acceptors (Lipinski definition) is 2. The minimum atomic E-state index is 0.799. The van der Waals surface area contributed by atoms with E-state index in [9.17, 15) is 0 Å². The Morgan fingerprint density at radius 1 is 1.00 bits per heavy atom. The molecular weight excluding hydrogens is 320 g/mol. The van der Waals surface area contributed by atoms with Gasteiger partial charge in [-0.05, 0) is 61.4 Å². The summed E-state index contributed by atoms with van der Waals surface area (Å²) in [6.07, 6.45) is 0. The van der Waals surface area contributed by atoms with Crippen LogP contribution in [0.1, 0.15) is 16.7 Å². The molecule has 0 aromatic heterocycles. The van der Waals surface area contributed by atoms with Crippen LogP contribution < -0.4 is 14.5 Å². The van der Waals surface area contributed by atoms with Crippen LogP contribution in [0.2, 0.25) is 5.02 Å². The normalized spacial score (nSPS) is 15.6. The van der Waals surface area contributed by atoms with Gasteiger partial charge in [-0.2, -0.15) is 0 Å². The van der Waals surface area contributed by atoms with Crippen LogP contribution >= 0.6 is 11.6 Å². The van der Waals surface area contributed by atoms with Crippen molar-refractivity contribution in [2.45, 2.75) is 20.4 Å². The molecule has 3 rings (SSSR count). The summed E-state index contributed by atoms with van der Waals surface area (Å²) in [5, 5.41) is 0.799. The van der Waals surface area contributed by atoms with E-state index in [1.807, 2.05) is 12.1 Å². The standard InChI is InChI=1S/C20H25ClN2O/c1-15-16(2)20(24-3)9-4-17(15)14-22-10-12-23(13-11-22)19-7-5-18(21)6-8-19/h4-9H,10-14H2,1-3H3/p+1. The highest BCUT2D eigenvalue weighted by Gasteiger charge is 2.21. The third kappa shape index (κ3) is 3.68. The van der Waals surface area contributed by atoms with Gasteiger partial charge in [-0.25, -0.2) is 0 Å². The number of benzene rings is 2. The van der Waals surface area contributed by atoms with Crippen molar-refractivity contribution in [1.82, 2.24) is 0 Å². The number of nitrogens with zero attached hydrogens (tertiary/aromatic N) is 1. The molecule has 1 aliphatic heterocycles. The van der Waals surface area contributed by atoms with Crippen molar-refractivity contribution < 1.29 is 9.64 Å². The maximum Gasteiger partial charge on any atom is 0.122 e. The van der Waals surface area contributed by atoms with E-state index in [-0.39, 0.29) is 0 Å². The Morgan fingerprint density at radius 3 is 2.29 bits per heavy atom. The Labute approximate surface area is 149 Å². The summed E-state index contributed by atoms with van der Waals surface area (Å²) in [5.41, 5.74) is 5.33. The van der Waals surface area contributed by atoms with Crippen LogP contribution in [0.5, 0.6) is 5.75 Å². The molecule has 1 fully saturated rings. The van der Waals surface area contributed by atoms with E-state index >= 15 is 0 Å². The summed E-state index contributed by atoms with van der Waals surface area (Å²) < 4.78 is 5.42.